The second-order valence-electron chi connectivity index (χ2n) is 4.72. The molecule has 6 heteroatoms. The number of hydrogen-bond acceptors (Lipinski definition) is 3. The fourth-order valence-electron chi connectivity index (χ4n) is 1.92. The van der Waals surface area contributed by atoms with Crippen molar-refractivity contribution >= 4 is 0 Å². The van der Waals surface area contributed by atoms with Gasteiger partial charge in [-0.3, -0.25) is 4.98 Å². The molecule has 0 bridgehead atoms. The van der Waals surface area contributed by atoms with Gasteiger partial charge in [-0.05, 0) is 30.7 Å². The lowest BCUT2D eigenvalue weighted by atomic mass is 10.1. The van der Waals surface area contributed by atoms with Crippen molar-refractivity contribution in [2.24, 2.45) is 0 Å². The molecule has 0 amide bonds. The second-order valence-corrected chi connectivity index (χ2v) is 4.72. The van der Waals surface area contributed by atoms with Crippen molar-refractivity contribution in [1.82, 2.24) is 10.3 Å². The van der Waals surface area contributed by atoms with Crippen molar-refractivity contribution in [2.75, 3.05) is 0 Å². The molecule has 0 spiro atoms. The van der Waals surface area contributed by atoms with E-state index in [1.165, 1.54) is 6.07 Å². The molecule has 21 heavy (non-hydrogen) atoms. The van der Waals surface area contributed by atoms with Crippen molar-refractivity contribution in [2.45, 2.75) is 26.2 Å². The van der Waals surface area contributed by atoms with Crippen molar-refractivity contribution < 1.29 is 18.3 Å². The van der Waals surface area contributed by atoms with E-state index in [1.54, 1.807) is 25.1 Å². The number of nitrogens with zero attached hydrogens (tertiary/aromatic N) is 1. The molecule has 3 nitrogen and oxygen atoms in total. The van der Waals surface area contributed by atoms with Crippen molar-refractivity contribution in [3.63, 3.8) is 0 Å². The normalized spacial score (nSPS) is 11.6. The molecule has 0 aliphatic heterocycles. The molecule has 0 aliphatic rings. The number of rotatable bonds is 4. The topological polar surface area (TPSA) is 45.1 Å². The summed E-state index contributed by atoms with van der Waals surface area (Å²) in [5, 5.41) is 12.6. The maximum Gasteiger partial charge on any atom is 0.416 e. The third-order valence-corrected chi connectivity index (χ3v) is 2.97. The first-order valence-electron chi connectivity index (χ1n) is 6.38. The minimum absolute atomic E-state index is 0.0668. The van der Waals surface area contributed by atoms with Crippen LogP contribution in [-0.4, -0.2) is 10.1 Å². The van der Waals surface area contributed by atoms with E-state index >= 15 is 0 Å². The van der Waals surface area contributed by atoms with Gasteiger partial charge in [0.1, 0.15) is 5.75 Å². The Morgan fingerprint density at radius 2 is 1.90 bits per heavy atom. The number of alkyl halides is 3. The van der Waals surface area contributed by atoms with E-state index in [9.17, 15) is 18.3 Å². The highest BCUT2D eigenvalue weighted by atomic mass is 19.4. The highest BCUT2D eigenvalue weighted by molar-refractivity contribution is 5.28. The van der Waals surface area contributed by atoms with E-state index in [0.29, 0.717) is 11.3 Å². The Kier molecular flexibility index (Phi) is 4.47. The SMILES string of the molecule is Cc1ccc(O)c(CNCc2cccc(C(F)(F)F)c2)n1. The Morgan fingerprint density at radius 3 is 2.62 bits per heavy atom. The third kappa shape index (κ3) is 4.19. The Morgan fingerprint density at radius 1 is 1.14 bits per heavy atom. The lowest BCUT2D eigenvalue weighted by Gasteiger charge is -2.10. The summed E-state index contributed by atoms with van der Waals surface area (Å²) in [6.07, 6.45) is -4.34. The molecular weight excluding hydrogens is 281 g/mol. The molecule has 1 heterocycles. The molecule has 0 unspecified atom stereocenters. The van der Waals surface area contributed by atoms with Crippen LogP contribution in [0.5, 0.6) is 5.75 Å². The Hall–Kier alpha value is -2.08. The monoisotopic (exact) mass is 296 g/mol. The third-order valence-electron chi connectivity index (χ3n) is 2.97. The van der Waals surface area contributed by atoms with Crippen LogP contribution in [0.15, 0.2) is 36.4 Å². The summed E-state index contributed by atoms with van der Waals surface area (Å²) >= 11 is 0. The van der Waals surface area contributed by atoms with Gasteiger partial charge in [-0.15, -0.1) is 0 Å². The quantitative estimate of drug-likeness (QED) is 0.909. The summed E-state index contributed by atoms with van der Waals surface area (Å²) in [4.78, 5) is 4.17. The molecule has 2 aromatic rings. The van der Waals surface area contributed by atoms with E-state index < -0.39 is 11.7 Å². The summed E-state index contributed by atoms with van der Waals surface area (Å²) < 4.78 is 37.8. The summed E-state index contributed by atoms with van der Waals surface area (Å²) in [6.45, 7) is 2.35. The van der Waals surface area contributed by atoms with Gasteiger partial charge >= 0.3 is 6.18 Å². The van der Waals surface area contributed by atoms with Gasteiger partial charge in [-0.1, -0.05) is 18.2 Å². The molecule has 0 radical (unpaired) electrons. The number of aryl methyl sites for hydroxylation is 1. The van der Waals surface area contributed by atoms with Gasteiger partial charge in [-0.25, -0.2) is 0 Å². The van der Waals surface area contributed by atoms with Gasteiger partial charge < -0.3 is 10.4 Å². The molecule has 0 atom stereocenters. The number of halogens is 3. The Labute approximate surface area is 120 Å². The molecule has 1 aromatic heterocycles. The predicted molar refractivity (Wildman–Crippen MR) is 72.6 cm³/mol. The van der Waals surface area contributed by atoms with Gasteiger partial charge in [0.25, 0.3) is 0 Å². The van der Waals surface area contributed by atoms with Gasteiger partial charge in [0, 0.05) is 18.8 Å². The lowest BCUT2D eigenvalue weighted by Crippen LogP contribution is -2.15. The first-order chi connectivity index (χ1) is 9.86. The first kappa shape index (κ1) is 15.3. The summed E-state index contributed by atoms with van der Waals surface area (Å²) in [5.41, 5.74) is 1.10. The van der Waals surface area contributed by atoms with E-state index in [-0.39, 0.29) is 18.8 Å². The lowest BCUT2D eigenvalue weighted by molar-refractivity contribution is -0.137. The number of aromatic nitrogens is 1. The molecule has 0 fully saturated rings. The van der Waals surface area contributed by atoms with Crippen molar-refractivity contribution in [1.29, 1.82) is 0 Å². The summed E-state index contributed by atoms with van der Waals surface area (Å²) in [6, 6.07) is 8.37. The molecular formula is C15H15F3N2O. The maximum atomic E-state index is 12.6. The highest BCUT2D eigenvalue weighted by Gasteiger charge is 2.30. The molecule has 2 N–H and O–H groups in total. The Bertz CT molecular complexity index is 627. The number of pyridine rings is 1. The van der Waals surface area contributed by atoms with Gasteiger partial charge in [0.2, 0.25) is 0 Å². The van der Waals surface area contributed by atoms with E-state index in [2.05, 4.69) is 10.3 Å². The Balaban J connectivity index is 1.99. The van der Waals surface area contributed by atoms with Crippen LogP contribution in [0.4, 0.5) is 13.2 Å². The van der Waals surface area contributed by atoms with Crippen LogP contribution in [0.3, 0.4) is 0 Å². The van der Waals surface area contributed by atoms with Gasteiger partial charge in [0.05, 0.1) is 11.3 Å². The summed E-state index contributed by atoms with van der Waals surface area (Å²) in [7, 11) is 0. The fraction of sp³-hybridized carbons (Fsp3) is 0.267. The highest BCUT2D eigenvalue weighted by Crippen LogP contribution is 2.29. The number of aromatic hydroxyl groups is 1. The number of hydrogen-bond donors (Lipinski definition) is 2. The standard InChI is InChI=1S/C15H15F3N2O/c1-10-5-6-14(21)13(20-10)9-19-8-11-3-2-4-12(7-11)15(16,17)18/h2-7,19,21H,8-9H2,1H3. The minimum Gasteiger partial charge on any atom is -0.506 e. The minimum atomic E-state index is -4.34. The van der Waals surface area contributed by atoms with Crippen LogP contribution in [0, 0.1) is 6.92 Å². The molecule has 2 rings (SSSR count). The largest absolute Gasteiger partial charge is 0.506 e. The average molecular weight is 296 g/mol. The van der Waals surface area contributed by atoms with Crippen LogP contribution >= 0.6 is 0 Å². The number of benzene rings is 1. The van der Waals surface area contributed by atoms with Crippen LogP contribution in [0.1, 0.15) is 22.5 Å². The van der Waals surface area contributed by atoms with Crippen LogP contribution in [0.25, 0.3) is 0 Å². The van der Waals surface area contributed by atoms with Gasteiger partial charge in [-0.2, -0.15) is 13.2 Å². The molecule has 0 saturated carbocycles. The van der Waals surface area contributed by atoms with E-state index in [4.69, 9.17) is 0 Å². The molecule has 1 aromatic carbocycles. The van der Waals surface area contributed by atoms with Crippen LogP contribution in [-0.2, 0) is 19.3 Å². The molecule has 112 valence electrons. The van der Waals surface area contributed by atoms with Crippen LogP contribution < -0.4 is 5.32 Å². The average Bonchev–Trinajstić information content (AvgIpc) is 2.42. The van der Waals surface area contributed by atoms with E-state index in [0.717, 1.165) is 17.8 Å². The predicted octanol–water partition coefficient (Wildman–Crippen LogP) is 3.40. The zero-order valence-corrected chi connectivity index (χ0v) is 11.4. The first-order valence-corrected chi connectivity index (χ1v) is 6.38. The van der Waals surface area contributed by atoms with Crippen LogP contribution in [0.2, 0.25) is 0 Å². The fourth-order valence-corrected chi connectivity index (χ4v) is 1.92. The van der Waals surface area contributed by atoms with Crippen molar-refractivity contribution in [3.05, 3.63) is 58.9 Å². The van der Waals surface area contributed by atoms with Gasteiger partial charge in [0.15, 0.2) is 0 Å². The second kappa shape index (κ2) is 6.13. The van der Waals surface area contributed by atoms with Crippen molar-refractivity contribution in [3.8, 4) is 5.75 Å². The number of nitrogens with one attached hydrogen (secondary N) is 1. The zero-order valence-electron chi connectivity index (χ0n) is 11.4. The van der Waals surface area contributed by atoms with E-state index in [1.807, 2.05) is 0 Å². The smallest absolute Gasteiger partial charge is 0.416 e. The zero-order chi connectivity index (χ0) is 15.5. The molecule has 0 saturated heterocycles. The molecule has 0 aliphatic carbocycles. The maximum absolute atomic E-state index is 12.6. The summed E-state index contributed by atoms with van der Waals surface area (Å²) in [5.74, 6) is 0.0668.